The number of hydrogen-bond donors (Lipinski definition) is 1. The zero-order valence-corrected chi connectivity index (χ0v) is 15.5. The van der Waals surface area contributed by atoms with E-state index in [1.54, 1.807) is 9.13 Å². The smallest absolute Gasteiger partial charge is 0.337 e. The quantitative estimate of drug-likeness (QED) is 0.681. The number of methoxy groups -OCH3 is 1. The highest BCUT2D eigenvalue weighted by Crippen LogP contribution is 2.14. The molecule has 6 heteroatoms. The Kier molecular flexibility index (Phi) is 5.57. The third kappa shape index (κ3) is 4.01. The molecule has 2 aromatic carbocycles. The summed E-state index contributed by atoms with van der Waals surface area (Å²) in [5, 5.41) is 0. The van der Waals surface area contributed by atoms with Crippen LogP contribution in [0.3, 0.4) is 0 Å². The fourth-order valence-corrected chi connectivity index (χ4v) is 3.01. The van der Waals surface area contributed by atoms with Gasteiger partial charge in [-0.3, -0.25) is 13.9 Å². The summed E-state index contributed by atoms with van der Waals surface area (Å²) in [7, 11) is 1.38. The van der Waals surface area contributed by atoms with Gasteiger partial charge in [0.1, 0.15) is 0 Å². The number of benzene rings is 2. The van der Waals surface area contributed by atoms with Gasteiger partial charge in [-0.1, -0.05) is 24.3 Å². The number of imidazole rings is 1. The molecule has 0 aliphatic heterocycles. The van der Waals surface area contributed by atoms with Gasteiger partial charge in [-0.05, 0) is 48.7 Å². The minimum atomic E-state index is -0.233. The van der Waals surface area contributed by atoms with Crippen molar-refractivity contribution in [3.8, 4) is 11.4 Å². The first-order valence-corrected chi connectivity index (χ1v) is 8.80. The van der Waals surface area contributed by atoms with E-state index in [0.717, 1.165) is 28.2 Å². The predicted molar refractivity (Wildman–Crippen MR) is 104 cm³/mol. The first-order valence-electron chi connectivity index (χ1n) is 8.80. The van der Waals surface area contributed by atoms with Crippen LogP contribution in [0.25, 0.3) is 11.4 Å². The Labute approximate surface area is 157 Å². The molecule has 0 radical (unpaired) electrons. The molecule has 0 atom stereocenters. The first kappa shape index (κ1) is 18.7. The van der Waals surface area contributed by atoms with Crippen molar-refractivity contribution < 1.29 is 9.53 Å². The molecule has 0 saturated carbocycles. The van der Waals surface area contributed by atoms with E-state index in [2.05, 4.69) is 4.74 Å². The van der Waals surface area contributed by atoms with E-state index >= 15 is 0 Å². The Morgan fingerprint density at radius 2 is 1.59 bits per heavy atom. The van der Waals surface area contributed by atoms with E-state index in [0.29, 0.717) is 19.4 Å². The Hall–Kier alpha value is -3.12. The fraction of sp³-hybridized carbons (Fsp3) is 0.238. The molecule has 0 fully saturated rings. The minimum Gasteiger partial charge on any atom is -0.469 e. The Morgan fingerprint density at radius 3 is 2.19 bits per heavy atom. The summed E-state index contributed by atoms with van der Waals surface area (Å²) in [6.07, 6.45) is 2.77. The standard InChI is InChI=1S/C21H23N3O3/c1-15-14-23(18-8-3-16(4-9-18)7-12-20(25)27-2)21(26)24(15)19-10-5-17(13-22)6-11-19/h3-6,8-11,14H,7,12-13,22H2,1-2H3. The number of aryl methyl sites for hydroxylation is 2. The molecule has 0 amide bonds. The van der Waals surface area contributed by atoms with Gasteiger partial charge < -0.3 is 10.5 Å². The summed E-state index contributed by atoms with van der Waals surface area (Å²) < 4.78 is 7.95. The van der Waals surface area contributed by atoms with E-state index < -0.39 is 0 Å². The lowest BCUT2D eigenvalue weighted by Gasteiger charge is -2.06. The van der Waals surface area contributed by atoms with E-state index in [1.165, 1.54) is 7.11 Å². The van der Waals surface area contributed by atoms with Crippen molar-refractivity contribution in [1.29, 1.82) is 0 Å². The zero-order chi connectivity index (χ0) is 19.4. The number of nitrogens with two attached hydrogens (primary N) is 1. The number of nitrogens with zero attached hydrogens (tertiary/aromatic N) is 2. The lowest BCUT2D eigenvalue weighted by Crippen LogP contribution is -2.22. The summed E-state index contributed by atoms with van der Waals surface area (Å²) >= 11 is 0. The zero-order valence-electron chi connectivity index (χ0n) is 15.5. The number of carbonyl (C=O) groups excluding carboxylic acids is 1. The van der Waals surface area contributed by atoms with Crippen LogP contribution < -0.4 is 11.4 Å². The normalized spacial score (nSPS) is 10.8. The fourth-order valence-electron chi connectivity index (χ4n) is 3.01. The molecule has 0 spiro atoms. The molecule has 0 saturated heterocycles. The van der Waals surface area contributed by atoms with Gasteiger partial charge in [-0.15, -0.1) is 0 Å². The third-order valence-corrected chi connectivity index (χ3v) is 4.56. The molecule has 6 nitrogen and oxygen atoms in total. The summed E-state index contributed by atoms with van der Waals surface area (Å²) in [5.41, 5.74) is 9.98. The summed E-state index contributed by atoms with van der Waals surface area (Å²) in [6.45, 7) is 2.37. The molecular weight excluding hydrogens is 342 g/mol. The van der Waals surface area contributed by atoms with Crippen molar-refractivity contribution in [3.05, 3.63) is 82.0 Å². The largest absolute Gasteiger partial charge is 0.469 e. The van der Waals surface area contributed by atoms with E-state index in [4.69, 9.17) is 5.73 Å². The Morgan fingerprint density at radius 1 is 1.00 bits per heavy atom. The molecule has 0 bridgehead atoms. The van der Waals surface area contributed by atoms with Gasteiger partial charge in [0.2, 0.25) is 0 Å². The third-order valence-electron chi connectivity index (χ3n) is 4.56. The number of carbonyl (C=O) groups is 1. The highest BCUT2D eigenvalue weighted by Gasteiger charge is 2.11. The molecule has 27 heavy (non-hydrogen) atoms. The van der Waals surface area contributed by atoms with Crippen LogP contribution in [0.4, 0.5) is 0 Å². The molecule has 0 aliphatic carbocycles. The molecule has 3 rings (SSSR count). The maximum Gasteiger partial charge on any atom is 0.337 e. The highest BCUT2D eigenvalue weighted by molar-refractivity contribution is 5.69. The molecule has 1 aromatic heterocycles. The van der Waals surface area contributed by atoms with Crippen molar-refractivity contribution in [1.82, 2.24) is 9.13 Å². The lowest BCUT2D eigenvalue weighted by molar-refractivity contribution is -0.140. The van der Waals surface area contributed by atoms with Gasteiger partial charge in [0, 0.05) is 24.9 Å². The van der Waals surface area contributed by atoms with Crippen molar-refractivity contribution in [3.63, 3.8) is 0 Å². The van der Waals surface area contributed by atoms with Gasteiger partial charge in [0.15, 0.2) is 0 Å². The van der Waals surface area contributed by atoms with Crippen molar-refractivity contribution in [2.24, 2.45) is 5.73 Å². The van der Waals surface area contributed by atoms with Gasteiger partial charge in [-0.2, -0.15) is 0 Å². The summed E-state index contributed by atoms with van der Waals surface area (Å²) in [4.78, 5) is 24.2. The molecule has 3 aromatic rings. The van der Waals surface area contributed by atoms with Crippen LogP contribution in [-0.2, 0) is 22.5 Å². The lowest BCUT2D eigenvalue weighted by atomic mass is 10.1. The van der Waals surface area contributed by atoms with Crippen LogP contribution in [0.2, 0.25) is 0 Å². The predicted octanol–water partition coefficient (Wildman–Crippen LogP) is 2.50. The second-order valence-electron chi connectivity index (χ2n) is 6.37. The van der Waals surface area contributed by atoms with Crippen LogP contribution in [-0.4, -0.2) is 22.2 Å². The van der Waals surface area contributed by atoms with E-state index in [-0.39, 0.29) is 11.7 Å². The maximum absolute atomic E-state index is 12.9. The van der Waals surface area contributed by atoms with Crippen LogP contribution >= 0.6 is 0 Å². The van der Waals surface area contributed by atoms with Gasteiger partial charge in [0.05, 0.1) is 18.5 Å². The SMILES string of the molecule is COC(=O)CCc1ccc(-n2cc(C)n(-c3ccc(CN)cc3)c2=O)cc1. The minimum absolute atomic E-state index is 0.129. The molecule has 140 valence electrons. The van der Waals surface area contributed by atoms with Gasteiger partial charge >= 0.3 is 11.7 Å². The van der Waals surface area contributed by atoms with Crippen molar-refractivity contribution in [2.45, 2.75) is 26.3 Å². The van der Waals surface area contributed by atoms with Crippen LogP contribution in [0.15, 0.2) is 59.5 Å². The van der Waals surface area contributed by atoms with Gasteiger partial charge in [0.25, 0.3) is 0 Å². The highest BCUT2D eigenvalue weighted by atomic mass is 16.5. The number of aromatic nitrogens is 2. The second-order valence-corrected chi connectivity index (χ2v) is 6.37. The Bertz CT molecular complexity index is 983. The molecule has 0 unspecified atom stereocenters. The maximum atomic E-state index is 12.9. The number of esters is 1. The van der Waals surface area contributed by atoms with Crippen molar-refractivity contribution >= 4 is 5.97 Å². The topological polar surface area (TPSA) is 79.2 Å². The summed E-state index contributed by atoms with van der Waals surface area (Å²) in [5.74, 6) is -0.233. The second kappa shape index (κ2) is 8.05. The monoisotopic (exact) mass is 365 g/mol. The number of hydrogen-bond acceptors (Lipinski definition) is 4. The van der Waals surface area contributed by atoms with E-state index in [1.807, 2.05) is 61.7 Å². The van der Waals surface area contributed by atoms with Crippen LogP contribution in [0, 0.1) is 6.92 Å². The molecule has 2 N–H and O–H groups in total. The number of rotatable bonds is 6. The number of ether oxygens (including phenoxy) is 1. The first-order chi connectivity index (χ1) is 13.0. The Balaban J connectivity index is 1.87. The summed E-state index contributed by atoms with van der Waals surface area (Å²) in [6, 6.07) is 15.3. The average Bonchev–Trinajstić information content (AvgIpc) is 3.00. The molecule has 0 aliphatic rings. The van der Waals surface area contributed by atoms with Crippen LogP contribution in [0.1, 0.15) is 23.2 Å². The molecular formula is C21H23N3O3. The van der Waals surface area contributed by atoms with Crippen molar-refractivity contribution in [2.75, 3.05) is 7.11 Å². The van der Waals surface area contributed by atoms with E-state index in [9.17, 15) is 9.59 Å². The average molecular weight is 365 g/mol. The van der Waals surface area contributed by atoms with Gasteiger partial charge in [-0.25, -0.2) is 4.79 Å². The molecule has 1 heterocycles. The van der Waals surface area contributed by atoms with Crippen LogP contribution in [0.5, 0.6) is 0 Å².